The summed E-state index contributed by atoms with van der Waals surface area (Å²) in [4.78, 5) is 11.8. The zero-order valence-corrected chi connectivity index (χ0v) is 16.8. The number of carbonyl (C=O) groups is 1. The maximum Gasteiger partial charge on any atom is 0.338 e. The minimum atomic E-state index is -0.240. The van der Waals surface area contributed by atoms with Crippen molar-refractivity contribution in [3.63, 3.8) is 0 Å². The summed E-state index contributed by atoms with van der Waals surface area (Å²) in [6.45, 7) is 1.20. The van der Waals surface area contributed by atoms with Crippen LogP contribution in [0.15, 0.2) is 84.9 Å². The highest BCUT2D eigenvalue weighted by molar-refractivity contribution is 5.89. The normalized spacial score (nSPS) is 10.5. The van der Waals surface area contributed by atoms with Gasteiger partial charge in [-0.2, -0.15) is 0 Å². The van der Waals surface area contributed by atoms with Gasteiger partial charge < -0.3 is 9.47 Å². The van der Waals surface area contributed by atoms with Gasteiger partial charge in [-0.25, -0.2) is 4.79 Å². The Morgan fingerprint density at radius 1 is 0.621 bits per heavy atom. The number of carbonyl (C=O) groups excluding carboxylic acids is 1. The van der Waals surface area contributed by atoms with Crippen molar-refractivity contribution < 1.29 is 14.3 Å². The van der Waals surface area contributed by atoms with E-state index in [1.165, 1.54) is 5.56 Å². The highest BCUT2D eigenvalue weighted by atomic mass is 16.5. The zero-order valence-electron chi connectivity index (χ0n) is 16.8. The molecule has 0 N–H and O–H groups in total. The van der Waals surface area contributed by atoms with E-state index in [-0.39, 0.29) is 5.97 Å². The maximum atomic E-state index is 11.8. The number of para-hydroxylation sites is 1. The van der Waals surface area contributed by atoms with Crippen LogP contribution in [-0.4, -0.2) is 19.2 Å². The molecular formula is C26H28O3. The van der Waals surface area contributed by atoms with E-state index in [2.05, 4.69) is 18.2 Å². The first-order chi connectivity index (χ1) is 14.3. The van der Waals surface area contributed by atoms with Crippen LogP contribution in [0.2, 0.25) is 0 Å². The molecule has 0 aliphatic carbocycles. The molecule has 150 valence electrons. The van der Waals surface area contributed by atoms with Crippen molar-refractivity contribution in [1.82, 2.24) is 0 Å². The number of unbranched alkanes of at least 4 members (excludes halogenated alkanes) is 4. The molecule has 0 heterocycles. The second-order valence-electron chi connectivity index (χ2n) is 6.98. The number of benzene rings is 3. The van der Waals surface area contributed by atoms with E-state index < -0.39 is 0 Å². The maximum absolute atomic E-state index is 11.8. The minimum absolute atomic E-state index is 0.240. The molecule has 0 fully saturated rings. The predicted molar refractivity (Wildman–Crippen MR) is 117 cm³/mol. The van der Waals surface area contributed by atoms with E-state index in [4.69, 9.17) is 9.47 Å². The molecule has 0 aliphatic rings. The van der Waals surface area contributed by atoms with Crippen molar-refractivity contribution in [3.05, 3.63) is 90.5 Å². The molecule has 0 unspecified atom stereocenters. The molecule has 3 heteroatoms. The Balaban J connectivity index is 1.28. The largest absolute Gasteiger partial charge is 0.493 e. The third-order valence-corrected chi connectivity index (χ3v) is 4.76. The molecule has 3 aromatic carbocycles. The fourth-order valence-electron chi connectivity index (χ4n) is 3.19. The number of rotatable bonds is 11. The summed E-state index contributed by atoms with van der Waals surface area (Å²) >= 11 is 0. The van der Waals surface area contributed by atoms with Gasteiger partial charge in [0, 0.05) is 5.56 Å². The van der Waals surface area contributed by atoms with E-state index in [1.807, 2.05) is 54.6 Å². The Morgan fingerprint density at radius 2 is 1.21 bits per heavy atom. The van der Waals surface area contributed by atoms with Gasteiger partial charge in [-0.15, -0.1) is 0 Å². The molecule has 0 aliphatic heterocycles. The van der Waals surface area contributed by atoms with Gasteiger partial charge in [0.05, 0.1) is 18.8 Å². The van der Waals surface area contributed by atoms with E-state index in [1.54, 1.807) is 12.1 Å². The zero-order chi connectivity index (χ0) is 20.2. The fourth-order valence-corrected chi connectivity index (χ4v) is 3.19. The lowest BCUT2D eigenvalue weighted by atomic mass is 10.1. The Kier molecular flexibility index (Phi) is 8.34. The average molecular weight is 389 g/mol. The Bertz CT molecular complexity index is 859. The molecule has 3 rings (SSSR count). The first kappa shape index (κ1) is 20.7. The van der Waals surface area contributed by atoms with Gasteiger partial charge in [0.15, 0.2) is 0 Å². The molecule has 29 heavy (non-hydrogen) atoms. The first-order valence-corrected chi connectivity index (χ1v) is 10.3. The van der Waals surface area contributed by atoms with Crippen molar-refractivity contribution in [2.75, 3.05) is 13.2 Å². The Hall–Kier alpha value is -3.07. The lowest BCUT2D eigenvalue weighted by Crippen LogP contribution is -2.06. The molecule has 0 aromatic heterocycles. The van der Waals surface area contributed by atoms with Gasteiger partial charge in [-0.1, -0.05) is 86.0 Å². The quantitative estimate of drug-likeness (QED) is 0.276. The smallest absolute Gasteiger partial charge is 0.338 e. The standard InChI is InChI=1S/C26H28O3/c27-26(23-16-8-5-9-17-23)29-21-13-3-1-2-12-20-28-25-19-11-10-18-24(25)22-14-6-4-7-15-22/h4-11,14-19H,1-3,12-13,20-21H2. The third kappa shape index (κ3) is 6.79. The highest BCUT2D eigenvalue weighted by Gasteiger charge is 2.06. The molecule has 0 atom stereocenters. The topological polar surface area (TPSA) is 35.5 Å². The van der Waals surface area contributed by atoms with Crippen molar-refractivity contribution in [3.8, 4) is 16.9 Å². The summed E-state index contributed by atoms with van der Waals surface area (Å²) in [5.74, 6) is 0.697. The fraction of sp³-hybridized carbons (Fsp3) is 0.269. The van der Waals surface area contributed by atoms with E-state index in [9.17, 15) is 4.79 Å². The van der Waals surface area contributed by atoms with E-state index in [0.717, 1.165) is 43.4 Å². The average Bonchev–Trinajstić information content (AvgIpc) is 2.79. The van der Waals surface area contributed by atoms with Gasteiger partial charge in [-0.3, -0.25) is 0 Å². The van der Waals surface area contributed by atoms with Crippen LogP contribution in [0.1, 0.15) is 42.5 Å². The first-order valence-electron chi connectivity index (χ1n) is 10.3. The molecule has 3 aromatic rings. The van der Waals surface area contributed by atoms with Gasteiger partial charge in [-0.05, 0) is 36.6 Å². The summed E-state index contributed by atoms with van der Waals surface area (Å²) in [6.07, 6.45) is 5.21. The summed E-state index contributed by atoms with van der Waals surface area (Å²) in [7, 11) is 0. The number of hydrogen-bond donors (Lipinski definition) is 0. The summed E-state index contributed by atoms with van der Waals surface area (Å²) in [5.41, 5.74) is 2.92. The van der Waals surface area contributed by atoms with Crippen molar-refractivity contribution in [1.29, 1.82) is 0 Å². The third-order valence-electron chi connectivity index (χ3n) is 4.76. The van der Waals surface area contributed by atoms with Crippen LogP contribution in [0.4, 0.5) is 0 Å². The van der Waals surface area contributed by atoms with Crippen LogP contribution in [0.3, 0.4) is 0 Å². The van der Waals surface area contributed by atoms with Crippen LogP contribution >= 0.6 is 0 Å². The highest BCUT2D eigenvalue weighted by Crippen LogP contribution is 2.29. The molecule has 0 radical (unpaired) electrons. The van der Waals surface area contributed by atoms with Crippen LogP contribution in [-0.2, 0) is 4.74 Å². The van der Waals surface area contributed by atoms with Crippen LogP contribution in [0, 0.1) is 0 Å². The number of ether oxygens (including phenoxy) is 2. The van der Waals surface area contributed by atoms with Crippen LogP contribution < -0.4 is 4.74 Å². The van der Waals surface area contributed by atoms with Crippen molar-refractivity contribution in [2.24, 2.45) is 0 Å². The Morgan fingerprint density at radius 3 is 1.97 bits per heavy atom. The van der Waals surface area contributed by atoms with Crippen LogP contribution in [0.25, 0.3) is 11.1 Å². The van der Waals surface area contributed by atoms with Gasteiger partial charge in [0.1, 0.15) is 5.75 Å². The SMILES string of the molecule is O=C(OCCCCCCCOc1ccccc1-c1ccccc1)c1ccccc1. The molecule has 0 amide bonds. The van der Waals surface area contributed by atoms with Crippen LogP contribution in [0.5, 0.6) is 5.75 Å². The molecule has 0 bridgehead atoms. The molecule has 0 spiro atoms. The van der Waals surface area contributed by atoms with Gasteiger partial charge in [0.2, 0.25) is 0 Å². The van der Waals surface area contributed by atoms with Crippen molar-refractivity contribution in [2.45, 2.75) is 32.1 Å². The summed E-state index contributed by atoms with van der Waals surface area (Å²) in [5, 5.41) is 0. The summed E-state index contributed by atoms with van der Waals surface area (Å²) in [6, 6.07) is 27.6. The molecular weight excluding hydrogens is 360 g/mol. The lowest BCUT2D eigenvalue weighted by molar-refractivity contribution is 0.0497. The molecule has 0 saturated heterocycles. The second kappa shape index (κ2) is 11.7. The van der Waals surface area contributed by atoms with Gasteiger partial charge in [0.25, 0.3) is 0 Å². The summed E-state index contributed by atoms with van der Waals surface area (Å²) < 4.78 is 11.3. The second-order valence-corrected chi connectivity index (χ2v) is 6.98. The predicted octanol–water partition coefficient (Wildman–Crippen LogP) is 6.54. The van der Waals surface area contributed by atoms with Crippen molar-refractivity contribution >= 4 is 5.97 Å². The number of hydrogen-bond acceptors (Lipinski definition) is 3. The molecule has 3 nitrogen and oxygen atoms in total. The lowest BCUT2D eigenvalue weighted by Gasteiger charge is -2.11. The molecule has 0 saturated carbocycles. The monoisotopic (exact) mass is 388 g/mol. The van der Waals surface area contributed by atoms with E-state index >= 15 is 0 Å². The number of esters is 1. The minimum Gasteiger partial charge on any atom is -0.493 e. The van der Waals surface area contributed by atoms with Gasteiger partial charge >= 0.3 is 5.97 Å². The Labute approximate surface area is 173 Å². The van der Waals surface area contributed by atoms with E-state index in [0.29, 0.717) is 18.8 Å².